The molecule has 0 saturated carbocycles. The molecule has 1 atom stereocenters. The summed E-state index contributed by atoms with van der Waals surface area (Å²) < 4.78 is 13.2. The van der Waals surface area contributed by atoms with E-state index in [0.29, 0.717) is 13.2 Å². The third kappa shape index (κ3) is 4.43. The van der Waals surface area contributed by atoms with Crippen LogP contribution in [0.2, 0.25) is 0 Å². The standard InChI is InChI=1S/C25H29N3O3/c1-16(2)25(19-10-11-22-23(14-19)31-13-12-30-22)26-24(29)15-21-17(3)27-28(18(21)4)20-8-6-5-7-9-20/h5-11,14,16,25H,12-13,15H2,1-4H3,(H,26,29)/t25-/m0/s1. The Balaban J connectivity index is 1.53. The lowest BCUT2D eigenvalue weighted by atomic mass is 9.95. The Labute approximate surface area is 183 Å². The van der Waals surface area contributed by atoms with Gasteiger partial charge in [0.15, 0.2) is 11.5 Å². The molecule has 6 heteroatoms. The molecule has 0 spiro atoms. The van der Waals surface area contributed by atoms with Gasteiger partial charge in [0, 0.05) is 11.3 Å². The molecule has 4 rings (SSSR count). The number of nitrogens with zero attached hydrogens (tertiary/aromatic N) is 2. The maximum atomic E-state index is 13.0. The number of aromatic nitrogens is 2. The summed E-state index contributed by atoms with van der Waals surface area (Å²) in [6.07, 6.45) is 0.290. The van der Waals surface area contributed by atoms with Crippen LogP contribution >= 0.6 is 0 Å². The minimum atomic E-state index is -0.117. The maximum Gasteiger partial charge on any atom is 0.225 e. The molecule has 1 amide bonds. The number of carbonyl (C=O) groups is 1. The molecular formula is C25H29N3O3. The largest absolute Gasteiger partial charge is 0.486 e. The molecule has 31 heavy (non-hydrogen) atoms. The Morgan fingerprint density at radius 2 is 1.77 bits per heavy atom. The quantitative estimate of drug-likeness (QED) is 0.646. The highest BCUT2D eigenvalue weighted by Gasteiger charge is 2.23. The van der Waals surface area contributed by atoms with Gasteiger partial charge in [0.1, 0.15) is 13.2 Å². The van der Waals surface area contributed by atoms with E-state index in [1.165, 1.54) is 0 Å². The van der Waals surface area contributed by atoms with E-state index in [-0.39, 0.29) is 24.3 Å². The van der Waals surface area contributed by atoms with Gasteiger partial charge in [-0.25, -0.2) is 4.68 Å². The van der Waals surface area contributed by atoms with Crippen molar-refractivity contribution >= 4 is 5.91 Å². The first kappa shape index (κ1) is 21.0. The number of hydrogen-bond acceptors (Lipinski definition) is 4. The van der Waals surface area contributed by atoms with Crippen molar-refractivity contribution in [2.24, 2.45) is 5.92 Å². The zero-order valence-corrected chi connectivity index (χ0v) is 18.5. The minimum Gasteiger partial charge on any atom is -0.486 e. The van der Waals surface area contributed by atoms with Gasteiger partial charge in [-0.15, -0.1) is 0 Å². The molecule has 0 fully saturated rings. The molecule has 1 aliphatic rings. The molecule has 0 unspecified atom stereocenters. The van der Waals surface area contributed by atoms with Gasteiger partial charge in [-0.3, -0.25) is 4.79 Å². The number of aryl methyl sites for hydroxylation is 1. The Hall–Kier alpha value is -3.28. The lowest BCUT2D eigenvalue weighted by Gasteiger charge is -2.25. The van der Waals surface area contributed by atoms with E-state index < -0.39 is 0 Å². The second-order valence-corrected chi connectivity index (χ2v) is 8.27. The monoisotopic (exact) mass is 419 g/mol. The molecule has 0 radical (unpaired) electrons. The van der Waals surface area contributed by atoms with Crippen LogP contribution in [0.4, 0.5) is 0 Å². The predicted octanol–water partition coefficient (Wildman–Crippen LogP) is 4.32. The van der Waals surface area contributed by atoms with Gasteiger partial charge in [0.25, 0.3) is 0 Å². The molecule has 6 nitrogen and oxygen atoms in total. The van der Waals surface area contributed by atoms with E-state index in [2.05, 4.69) is 24.3 Å². The second kappa shape index (κ2) is 8.84. The van der Waals surface area contributed by atoms with Crippen molar-refractivity contribution in [1.29, 1.82) is 0 Å². The number of carbonyl (C=O) groups excluding carboxylic acids is 1. The maximum absolute atomic E-state index is 13.0. The molecule has 0 bridgehead atoms. The molecule has 2 heterocycles. The average molecular weight is 420 g/mol. The first-order chi connectivity index (χ1) is 14.9. The van der Waals surface area contributed by atoms with Crippen LogP contribution < -0.4 is 14.8 Å². The zero-order valence-electron chi connectivity index (χ0n) is 18.5. The smallest absolute Gasteiger partial charge is 0.225 e. The number of nitrogens with one attached hydrogen (secondary N) is 1. The highest BCUT2D eigenvalue weighted by Crippen LogP contribution is 2.34. The number of benzene rings is 2. The van der Waals surface area contributed by atoms with Crippen LogP contribution in [0.25, 0.3) is 5.69 Å². The highest BCUT2D eigenvalue weighted by molar-refractivity contribution is 5.79. The molecule has 3 aromatic rings. The van der Waals surface area contributed by atoms with Gasteiger partial charge in [0.2, 0.25) is 5.91 Å². The van der Waals surface area contributed by atoms with Crippen LogP contribution in [-0.4, -0.2) is 28.9 Å². The van der Waals surface area contributed by atoms with Crippen LogP contribution in [0.15, 0.2) is 48.5 Å². The second-order valence-electron chi connectivity index (χ2n) is 8.27. The SMILES string of the molecule is Cc1nn(-c2ccccc2)c(C)c1CC(=O)N[C@H](c1ccc2c(c1)OCCO2)C(C)C. The molecule has 162 valence electrons. The molecule has 1 N–H and O–H groups in total. The third-order valence-electron chi connectivity index (χ3n) is 5.69. The first-order valence-electron chi connectivity index (χ1n) is 10.7. The number of rotatable bonds is 6. The van der Waals surface area contributed by atoms with Gasteiger partial charge in [-0.2, -0.15) is 5.10 Å². The highest BCUT2D eigenvalue weighted by atomic mass is 16.6. The normalized spacial score (nSPS) is 13.8. The van der Waals surface area contributed by atoms with E-state index in [4.69, 9.17) is 9.47 Å². The fourth-order valence-corrected chi connectivity index (χ4v) is 4.02. The van der Waals surface area contributed by atoms with Crippen molar-refractivity contribution in [3.05, 3.63) is 71.0 Å². The van der Waals surface area contributed by atoms with Gasteiger partial charge < -0.3 is 14.8 Å². The molecule has 1 aliphatic heterocycles. The van der Waals surface area contributed by atoms with Crippen molar-refractivity contribution in [3.8, 4) is 17.2 Å². The van der Waals surface area contributed by atoms with E-state index in [9.17, 15) is 4.79 Å². The summed E-state index contributed by atoms with van der Waals surface area (Å²) in [5, 5.41) is 7.88. The predicted molar refractivity (Wildman–Crippen MR) is 120 cm³/mol. The average Bonchev–Trinajstić information content (AvgIpc) is 3.06. The number of ether oxygens (including phenoxy) is 2. The summed E-state index contributed by atoms with van der Waals surface area (Å²) >= 11 is 0. The fraction of sp³-hybridized carbons (Fsp3) is 0.360. The summed E-state index contributed by atoms with van der Waals surface area (Å²) in [6, 6.07) is 15.8. The first-order valence-corrected chi connectivity index (χ1v) is 10.7. The van der Waals surface area contributed by atoms with E-state index >= 15 is 0 Å². The number of para-hydroxylation sites is 1. The molecule has 2 aromatic carbocycles. The van der Waals surface area contributed by atoms with Crippen molar-refractivity contribution in [1.82, 2.24) is 15.1 Å². The number of hydrogen-bond donors (Lipinski definition) is 1. The van der Waals surface area contributed by atoms with E-state index in [1.54, 1.807) is 0 Å². The van der Waals surface area contributed by atoms with Crippen LogP contribution in [0.3, 0.4) is 0 Å². The third-order valence-corrected chi connectivity index (χ3v) is 5.69. The van der Waals surface area contributed by atoms with Crippen LogP contribution in [0.5, 0.6) is 11.5 Å². The van der Waals surface area contributed by atoms with Crippen molar-refractivity contribution in [2.75, 3.05) is 13.2 Å². The van der Waals surface area contributed by atoms with Crippen LogP contribution in [0, 0.1) is 19.8 Å². The van der Waals surface area contributed by atoms with Gasteiger partial charge in [-0.1, -0.05) is 38.1 Å². The fourth-order valence-electron chi connectivity index (χ4n) is 4.02. The summed E-state index contributed by atoms with van der Waals surface area (Å²) in [5.41, 5.74) is 4.83. The van der Waals surface area contributed by atoms with E-state index in [1.807, 2.05) is 67.1 Å². The Morgan fingerprint density at radius 3 is 2.48 bits per heavy atom. The van der Waals surface area contributed by atoms with Crippen molar-refractivity contribution in [2.45, 2.75) is 40.2 Å². The lowest BCUT2D eigenvalue weighted by Crippen LogP contribution is -2.33. The minimum absolute atomic E-state index is 0.0209. The Kier molecular flexibility index (Phi) is 5.98. The van der Waals surface area contributed by atoms with Gasteiger partial charge in [0.05, 0.1) is 23.8 Å². The Bertz CT molecular complexity index is 1070. The van der Waals surface area contributed by atoms with Crippen molar-refractivity contribution in [3.63, 3.8) is 0 Å². The molecule has 0 saturated heterocycles. The summed E-state index contributed by atoms with van der Waals surface area (Å²) in [6.45, 7) is 9.27. The van der Waals surface area contributed by atoms with Gasteiger partial charge >= 0.3 is 0 Å². The number of fused-ring (bicyclic) bond motifs is 1. The van der Waals surface area contributed by atoms with Crippen LogP contribution in [-0.2, 0) is 11.2 Å². The molecule has 1 aromatic heterocycles. The summed E-state index contributed by atoms with van der Waals surface area (Å²) in [4.78, 5) is 13.0. The van der Waals surface area contributed by atoms with Gasteiger partial charge in [-0.05, 0) is 49.6 Å². The zero-order chi connectivity index (χ0) is 22.0. The Morgan fingerprint density at radius 1 is 1.06 bits per heavy atom. The molecule has 0 aliphatic carbocycles. The van der Waals surface area contributed by atoms with Crippen molar-refractivity contribution < 1.29 is 14.3 Å². The van der Waals surface area contributed by atoms with E-state index in [0.717, 1.165) is 39.7 Å². The number of amides is 1. The summed E-state index contributed by atoms with van der Waals surface area (Å²) in [5.74, 6) is 1.69. The molecular weight excluding hydrogens is 390 g/mol. The van der Waals surface area contributed by atoms with Crippen LogP contribution in [0.1, 0.15) is 42.4 Å². The topological polar surface area (TPSA) is 65.4 Å². The summed E-state index contributed by atoms with van der Waals surface area (Å²) in [7, 11) is 0. The lowest BCUT2D eigenvalue weighted by molar-refractivity contribution is -0.121.